The van der Waals surface area contributed by atoms with E-state index < -0.39 is 30.0 Å². The zero-order chi connectivity index (χ0) is 22.3. The van der Waals surface area contributed by atoms with Crippen molar-refractivity contribution in [2.75, 3.05) is 12.8 Å². The van der Waals surface area contributed by atoms with Gasteiger partial charge >= 0.3 is 0 Å². The van der Waals surface area contributed by atoms with Gasteiger partial charge in [-0.3, -0.25) is 9.11 Å². The lowest BCUT2D eigenvalue weighted by molar-refractivity contribution is 0.416. The Bertz CT molecular complexity index is 1400. The molecular weight excluding hydrogens is 434 g/mol. The smallest absolute Gasteiger partial charge is 0.295 e. The van der Waals surface area contributed by atoms with Crippen LogP contribution in [0.1, 0.15) is 5.56 Å². The average Bonchev–Trinajstić information content (AvgIpc) is 2.66. The van der Waals surface area contributed by atoms with Gasteiger partial charge in [-0.15, -0.1) is 5.11 Å². The van der Waals surface area contributed by atoms with Gasteiger partial charge in [-0.2, -0.15) is 21.9 Å². The first kappa shape index (κ1) is 21.6. The predicted molar refractivity (Wildman–Crippen MR) is 110 cm³/mol. The maximum atomic E-state index is 11.8. The second-order valence-electron chi connectivity index (χ2n) is 6.36. The minimum Gasteiger partial charge on any atom is -0.494 e. The number of hydrogen-bond acceptors (Lipinski definition) is 8. The molecule has 0 saturated heterocycles. The minimum absolute atomic E-state index is 0.00167. The summed E-state index contributed by atoms with van der Waals surface area (Å²) in [4.78, 5) is -1.36. The van der Waals surface area contributed by atoms with Crippen molar-refractivity contribution in [3.8, 4) is 5.75 Å². The first-order valence-corrected chi connectivity index (χ1v) is 11.2. The Morgan fingerprint density at radius 2 is 1.63 bits per heavy atom. The fourth-order valence-corrected chi connectivity index (χ4v) is 4.10. The molecule has 0 atom stereocenters. The highest BCUT2D eigenvalue weighted by Gasteiger charge is 2.20. The average molecular weight is 451 g/mol. The standard InChI is InChI=1S/C18H17N3O7S2/c1-10-5-16(17(28-2)9-15(10)19)21-20-12-4-3-11-6-13(29(22,23)24)8-18(14(11)7-12)30(25,26)27/h3-9H,19H2,1-2H3,(H,22,23,24)(H,25,26,27). The molecule has 0 aromatic heterocycles. The number of hydrogen-bond donors (Lipinski definition) is 3. The van der Waals surface area contributed by atoms with Crippen LogP contribution in [0.15, 0.2) is 62.5 Å². The van der Waals surface area contributed by atoms with Crippen molar-refractivity contribution in [3.63, 3.8) is 0 Å². The van der Waals surface area contributed by atoms with Crippen molar-refractivity contribution in [2.45, 2.75) is 16.7 Å². The van der Waals surface area contributed by atoms with Gasteiger partial charge in [0.2, 0.25) is 0 Å². The number of methoxy groups -OCH3 is 1. The Morgan fingerprint density at radius 1 is 0.933 bits per heavy atom. The summed E-state index contributed by atoms with van der Waals surface area (Å²) in [6, 6.07) is 9.17. The van der Waals surface area contributed by atoms with Crippen molar-refractivity contribution in [1.29, 1.82) is 0 Å². The maximum Gasteiger partial charge on any atom is 0.295 e. The minimum atomic E-state index is -4.80. The number of nitrogen functional groups attached to an aromatic ring is 1. The summed E-state index contributed by atoms with van der Waals surface area (Å²) in [5.74, 6) is 0.388. The topological polar surface area (TPSA) is 169 Å². The van der Waals surface area contributed by atoms with Crippen LogP contribution in [0, 0.1) is 6.92 Å². The molecule has 0 unspecified atom stereocenters. The van der Waals surface area contributed by atoms with Crippen LogP contribution in [0.3, 0.4) is 0 Å². The van der Waals surface area contributed by atoms with Gasteiger partial charge in [0, 0.05) is 17.1 Å². The van der Waals surface area contributed by atoms with Crippen molar-refractivity contribution in [3.05, 3.63) is 48.0 Å². The molecule has 0 fully saturated rings. The fraction of sp³-hybridized carbons (Fsp3) is 0.111. The third kappa shape index (κ3) is 4.41. The van der Waals surface area contributed by atoms with Gasteiger partial charge in [0.15, 0.2) is 0 Å². The Kier molecular flexibility index (Phi) is 5.52. The zero-order valence-corrected chi connectivity index (χ0v) is 17.4. The van der Waals surface area contributed by atoms with Crippen LogP contribution in [-0.2, 0) is 20.2 Å². The van der Waals surface area contributed by atoms with Gasteiger partial charge in [-0.25, -0.2) is 0 Å². The van der Waals surface area contributed by atoms with Gasteiger partial charge in [-0.05, 0) is 48.2 Å². The van der Waals surface area contributed by atoms with Crippen molar-refractivity contribution >= 4 is 48.1 Å². The molecule has 0 bridgehead atoms. The summed E-state index contributed by atoms with van der Waals surface area (Å²) in [6.45, 7) is 1.79. The molecule has 10 nitrogen and oxygen atoms in total. The van der Waals surface area contributed by atoms with E-state index in [1.165, 1.54) is 25.3 Å². The highest BCUT2D eigenvalue weighted by atomic mass is 32.2. The van der Waals surface area contributed by atoms with E-state index in [2.05, 4.69) is 10.2 Å². The molecule has 0 aliphatic heterocycles. The number of ether oxygens (including phenoxy) is 1. The van der Waals surface area contributed by atoms with Crippen LogP contribution in [0.4, 0.5) is 17.1 Å². The summed E-state index contributed by atoms with van der Waals surface area (Å²) >= 11 is 0. The SMILES string of the molecule is COc1cc(N)c(C)cc1N=Nc1ccc2cc(S(=O)(=O)O)cc(S(=O)(=O)O)c2c1. The monoisotopic (exact) mass is 451 g/mol. The van der Waals surface area contributed by atoms with E-state index >= 15 is 0 Å². The highest BCUT2D eigenvalue weighted by molar-refractivity contribution is 7.86. The number of nitrogens with zero attached hydrogens (tertiary/aromatic N) is 2. The van der Waals surface area contributed by atoms with E-state index in [1.54, 1.807) is 19.1 Å². The van der Waals surface area contributed by atoms with Crippen LogP contribution in [0.2, 0.25) is 0 Å². The first-order valence-electron chi connectivity index (χ1n) is 8.29. The largest absolute Gasteiger partial charge is 0.494 e. The number of fused-ring (bicyclic) bond motifs is 1. The normalized spacial score (nSPS) is 12.5. The number of rotatable bonds is 5. The summed E-state index contributed by atoms with van der Waals surface area (Å²) in [5, 5.41) is 8.31. The molecule has 158 valence electrons. The van der Waals surface area contributed by atoms with Crippen LogP contribution in [0.25, 0.3) is 10.8 Å². The number of aryl methyl sites for hydroxylation is 1. The van der Waals surface area contributed by atoms with Crippen molar-refractivity contribution < 1.29 is 30.7 Å². The highest BCUT2D eigenvalue weighted by Crippen LogP contribution is 2.35. The summed E-state index contributed by atoms with van der Waals surface area (Å²) in [5.41, 5.74) is 7.73. The zero-order valence-electron chi connectivity index (χ0n) is 15.8. The third-order valence-corrected chi connectivity index (χ3v) is 6.01. The molecule has 3 aromatic rings. The van der Waals surface area contributed by atoms with Gasteiger partial charge < -0.3 is 10.5 Å². The molecule has 0 spiro atoms. The number of anilines is 1. The Morgan fingerprint density at radius 3 is 2.23 bits per heavy atom. The lowest BCUT2D eigenvalue weighted by Gasteiger charge is -2.08. The molecule has 3 rings (SSSR count). The molecule has 0 heterocycles. The van der Waals surface area contributed by atoms with E-state index in [0.717, 1.165) is 11.6 Å². The molecule has 0 radical (unpaired) electrons. The van der Waals surface area contributed by atoms with Gasteiger partial charge in [0.05, 0.1) is 17.7 Å². The number of benzene rings is 3. The molecule has 4 N–H and O–H groups in total. The Labute approximate surface area is 172 Å². The molecule has 30 heavy (non-hydrogen) atoms. The molecule has 0 amide bonds. The molecule has 12 heteroatoms. The third-order valence-electron chi connectivity index (χ3n) is 4.29. The molecule has 0 saturated carbocycles. The molecule has 0 aliphatic carbocycles. The summed E-state index contributed by atoms with van der Waals surface area (Å²) < 4.78 is 70.3. The van der Waals surface area contributed by atoms with Crippen LogP contribution in [-0.4, -0.2) is 33.1 Å². The van der Waals surface area contributed by atoms with E-state index in [9.17, 15) is 25.9 Å². The maximum absolute atomic E-state index is 11.8. The van der Waals surface area contributed by atoms with Crippen molar-refractivity contribution in [1.82, 2.24) is 0 Å². The molecule has 0 aliphatic rings. The molecular formula is C18H17N3O7S2. The molecule has 3 aromatic carbocycles. The lowest BCUT2D eigenvalue weighted by Crippen LogP contribution is -2.04. The van der Waals surface area contributed by atoms with E-state index in [4.69, 9.17) is 10.5 Å². The summed E-state index contributed by atoms with van der Waals surface area (Å²) in [6.07, 6.45) is 0. The quantitative estimate of drug-likeness (QED) is 0.300. The van der Waals surface area contributed by atoms with Gasteiger partial charge in [-0.1, -0.05) is 6.07 Å². The van der Waals surface area contributed by atoms with Crippen molar-refractivity contribution in [2.24, 2.45) is 10.2 Å². The fourth-order valence-electron chi connectivity index (χ4n) is 2.75. The van der Waals surface area contributed by atoms with E-state index in [0.29, 0.717) is 23.2 Å². The van der Waals surface area contributed by atoms with Crippen LogP contribution < -0.4 is 10.5 Å². The first-order chi connectivity index (χ1) is 13.9. The second-order valence-corrected chi connectivity index (χ2v) is 9.17. The lowest BCUT2D eigenvalue weighted by atomic mass is 10.1. The number of azo groups is 1. The van der Waals surface area contributed by atoms with E-state index in [-0.39, 0.29) is 16.5 Å². The number of nitrogens with two attached hydrogens (primary N) is 1. The second kappa shape index (κ2) is 7.65. The van der Waals surface area contributed by atoms with Gasteiger partial charge in [0.1, 0.15) is 16.3 Å². The van der Waals surface area contributed by atoms with Gasteiger partial charge in [0.25, 0.3) is 20.2 Å². The Balaban J connectivity index is 2.16. The Hall–Kier alpha value is -3.06. The predicted octanol–water partition coefficient (Wildman–Crippen LogP) is 3.65. The van der Waals surface area contributed by atoms with E-state index in [1.807, 2.05) is 0 Å². The van der Waals surface area contributed by atoms with Crippen LogP contribution in [0.5, 0.6) is 5.75 Å². The summed E-state index contributed by atoms with van der Waals surface area (Å²) in [7, 11) is -8.04. The van der Waals surface area contributed by atoms with Crippen LogP contribution >= 0.6 is 0 Å².